The fourth-order valence-electron chi connectivity index (χ4n) is 5.46. The van der Waals surface area contributed by atoms with Crippen molar-refractivity contribution in [1.82, 2.24) is 0 Å². The van der Waals surface area contributed by atoms with Crippen molar-refractivity contribution in [3.8, 4) is 0 Å². The lowest BCUT2D eigenvalue weighted by Gasteiger charge is -2.05. The smallest absolute Gasteiger partial charge is 0.247 e. The van der Waals surface area contributed by atoms with Crippen LogP contribution in [-0.2, 0) is 19.4 Å². The molecule has 0 amide bonds. The molecule has 0 unspecified atom stereocenters. The number of hydrogen-bond donors (Lipinski definition) is 0. The monoisotopic (exact) mass is 627 g/mol. The van der Waals surface area contributed by atoms with Gasteiger partial charge in [0.05, 0.1) is 12.8 Å². The molecule has 42 heavy (non-hydrogen) atoms. The van der Waals surface area contributed by atoms with E-state index in [4.69, 9.17) is 9.78 Å². The molecule has 0 fully saturated rings. The van der Waals surface area contributed by atoms with E-state index in [0.717, 1.165) is 25.7 Å². The van der Waals surface area contributed by atoms with E-state index in [1.807, 2.05) is 0 Å². The predicted molar refractivity (Wildman–Crippen MR) is 191 cm³/mol. The molecule has 0 saturated carbocycles. The van der Waals surface area contributed by atoms with Crippen LogP contribution in [0.15, 0.2) is 0 Å². The maximum Gasteiger partial charge on any atom is 0.355 e. The minimum atomic E-state index is -0.417. The molecule has 0 aliphatic carbocycles. The Bertz CT molecular complexity index is 485. The summed E-state index contributed by atoms with van der Waals surface area (Å²) < 4.78 is 0. The van der Waals surface area contributed by atoms with Gasteiger partial charge >= 0.3 is 11.9 Å². The van der Waals surface area contributed by atoms with E-state index in [2.05, 4.69) is 13.8 Å². The Kier molecular flexibility index (Phi) is 45.3. The first-order chi connectivity index (χ1) is 19.7. The summed E-state index contributed by atoms with van der Waals surface area (Å²) in [6.07, 6.45) is 39.6. The summed E-state index contributed by atoms with van der Waals surface area (Å²) in [6.45, 7) is 4.55. The second kappa shape index (κ2) is 41.0. The fourth-order valence-corrected chi connectivity index (χ4v) is 5.46. The van der Waals surface area contributed by atoms with Crippen molar-refractivity contribution in [2.75, 3.05) is 0 Å². The molecule has 6 heteroatoms. The zero-order chi connectivity index (χ0) is 29.2. The molecule has 250 valence electrons. The van der Waals surface area contributed by atoms with Crippen LogP contribution in [0.1, 0.15) is 219 Å². The summed E-state index contributed by atoms with van der Waals surface area (Å²) in [7, 11) is 0. The van der Waals surface area contributed by atoms with Crippen molar-refractivity contribution < 1.29 is 19.4 Å². The average molecular weight is 627 g/mol. The maximum absolute atomic E-state index is 11.8. The summed E-state index contributed by atoms with van der Waals surface area (Å²) in [5, 5.41) is 0. The van der Waals surface area contributed by atoms with Gasteiger partial charge < -0.3 is 0 Å². The molecule has 0 spiro atoms. The standard InChI is InChI=1S/C36H70O4.2Al.6H/c1-3-5-7-9-11-13-15-17-19-21-23-25-27-29-31-33-35(37)39-40-36(38)34-32-30-28-26-24-22-20-18-16-14-12-10-8-6-4-2;;;;;;;;/h3-34H2,1-2H3;;;;;;;;. The number of carbonyl (C=O) groups excluding carboxylic acids is 2. The molecule has 0 aromatic rings. The van der Waals surface area contributed by atoms with Crippen LogP contribution >= 0.6 is 0 Å². The van der Waals surface area contributed by atoms with Gasteiger partial charge in [-0.3, -0.25) is 0 Å². The first kappa shape index (κ1) is 46.4. The van der Waals surface area contributed by atoms with Crippen molar-refractivity contribution >= 4 is 46.7 Å². The molecular formula is C36H76Al2O4. The minimum absolute atomic E-state index is 0. The van der Waals surface area contributed by atoms with E-state index in [9.17, 15) is 9.59 Å². The van der Waals surface area contributed by atoms with Crippen LogP contribution in [0.5, 0.6) is 0 Å². The zero-order valence-corrected chi connectivity index (χ0v) is 27.3. The highest BCUT2D eigenvalue weighted by Crippen LogP contribution is 2.15. The van der Waals surface area contributed by atoms with E-state index >= 15 is 0 Å². The largest absolute Gasteiger partial charge is 0.355 e. The minimum Gasteiger partial charge on any atom is -0.247 e. The van der Waals surface area contributed by atoms with Gasteiger partial charge in [0, 0.05) is 0 Å². The van der Waals surface area contributed by atoms with E-state index in [1.165, 1.54) is 167 Å². The highest BCUT2D eigenvalue weighted by molar-refractivity contribution is 5.76. The second-order valence-corrected chi connectivity index (χ2v) is 12.3. The summed E-state index contributed by atoms with van der Waals surface area (Å²) in [5.74, 6) is -0.834. The van der Waals surface area contributed by atoms with Crippen LogP contribution in [0.3, 0.4) is 0 Å². The van der Waals surface area contributed by atoms with Crippen molar-refractivity contribution in [2.45, 2.75) is 219 Å². The molecule has 0 N–H and O–H groups in total. The predicted octanol–water partition coefficient (Wildman–Crippen LogP) is 10.1. The van der Waals surface area contributed by atoms with Gasteiger partial charge in [-0.1, -0.05) is 194 Å². The summed E-state index contributed by atoms with van der Waals surface area (Å²) in [6, 6.07) is 0. The van der Waals surface area contributed by atoms with Gasteiger partial charge in [-0.25, -0.2) is 19.4 Å². The summed E-state index contributed by atoms with van der Waals surface area (Å²) >= 11 is 0. The lowest BCUT2D eigenvalue weighted by atomic mass is 10.0. The first-order valence-electron chi connectivity index (χ1n) is 18.1. The molecule has 0 aliphatic rings. The molecule has 0 aliphatic heterocycles. The lowest BCUT2D eigenvalue weighted by molar-refractivity contribution is -0.259. The van der Waals surface area contributed by atoms with Gasteiger partial charge in [-0.15, -0.1) is 0 Å². The molecule has 0 saturated heterocycles. The second-order valence-electron chi connectivity index (χ2n) is 12.3. The van der Waals surface area contributed by atoms with E-state index in [-0.39, 0.29) is 34.7 Å². The van der Waals surface area contributed by atoms with Crippen LogP contribution in [0.25, 0.3) is 0 Å². The number of carbonyl (C=O) groups is 2. The Morgan fingerprint density at radius 2 is 0.476 bits per heavy atom. The van der Waals surface area contributed by atoms with E-state index in [1.54, 1.807) is 0 Å². The van der Waals surface area contributed by atoms with Gasteiger partial charge in [0.25, 0.3) is 0 Å². The molecule has 0 rings (SSSR count). The maximum atomic E-state index is 11.8. The van der Waals surface area contributed by atoms with Crippen LogP contribution < -0.4 is 0 Å². The molecular weight excluding hydrogens is 550 g/mol. The number of rotatable bonds is 32. The highest BCUT2D eigenvalue weighted by atomic mass is 27.0. The average Bonchev–Trinajstić information content (AvgIpc) is 2.96. The molecule has 0 bridgehead atoms. The molecule has 0 radical (unpaired) electrons. The quantitative estimate of drug-likeness (QED) is 0.0323. The lowest BCUT2D eigenvalue weighted by Crippen LogP contribution is -2.11. The Morgan fingerprint density at radius 1 is 0.310 bits per heavy atom. The van der Waals surface area contributed by atoms with E-state index < -0.39 is 11.9 Å². The third kappa shape index (κ3) is 40.0. The topological polar surface area (TPSA) is 52.6 Å². The van der Waals surface area contributed by atoms with Crippen molar-refractivity contribution in [3.05, 3.63) is 0 Å². The van der Waals surface area contributed by atoms with E-state index in [0.29, 0.717) is 12.8 Å². The Labute approximate surface area is 284 Å². The van der Waals surface area contributed by atoms with Crippen molar-refractivity contribution in [1.29, 1.82) is 0 Å². The Balaban J connectivity index is -0.00000760. The van der Waals surface area contributed by atoms with Crippen molar-refractivity contribution in [2.24, 2.45) is 0 Å². The van der Waals surface area contributed by atoms with Crippen molar-refractivity contribution in [3.63, 3.8) is 0 Å². The van der Waals surface area contributed by atoms with Gasteiger partial charge in [-0.05, 0) is 12.8 Å². The molecule has 0 atom stereocenters. The number of hydrogen-bond acceptors (Lipinski definition) is 4. The van der Waals surface area contributed by atoms with Crippen LogP contribution in [-0.4, -0.2) is 46.7 Å². The molecule has 0 heterocycles. The highest BCUT2D eigenvalue weighted by Gasteiger charge is 2.09. The first-order valence-corrected chi connectivity index (χ1v) is 18.1. The summed E-state index contributed by atoms with van der Waals surface area (Å²) in [5.41, 5.74) is 0. The fraction of sp³-hybridized carbons (Fsp3) is 0.944. The third-order valence-electron chi connectivity index (χ3n) is 8.20. The number of unbranched alkanes of at least 4 members (excludes halogenated alkanes) is 28. The Morgan fingerprint density at radius 3 is 0.667 bits per heavy atom. The van der Waals surface area contributed by atoms with Gasteiger partial charge in [0.1, 0.15) is 0 Å². The normalized spacial score (nSPS) is 10.6. The third-order valence-corrected chi connectivity index (χ3v) is 8.20. The van der Waals surface area contributed by atoms with Crippen LogP contribution in [0.4, 0.5) is 0 Å². The zero-order valence-electron chi connectivity index (χ0n) is 27.3. The molecule has 0 aromatic heterocycles. The van der Waals surface area contributed by atoms with Gasteiger partial charge in [-0.2, -0.15) is 0 Å². The van der Waals surface area contributed by atoms with Gasteiger partial charge in [0.2, 0.25) is 0 Å². The van der Waals surface area contributed by atoms with Crippen LogP contribution in [0, 0.1) is 0 Å². The SMILES string of the molecule is CCCCCCCCCCCCCCCCCC(=O)OOC(=O)CCCCCCCCCCCCCCCCC.[AlH3].[AlH3]. The van der Waals surface area contributed by atoms with Crippen LogP contribution in [0.2, 0.25) is 0 Å². The van der Waals surface area contributed by atoms with Gasteiger partial charge in [0.15, 0.2) is 34.7 Å². The summed E-state index contributed by atoms with van der Waals surface area (Å²) in [4.78, 5) is 33.0. The molecule has 0 aromatic carbocycles. The molecule has 4 nitrogen and oxygen atoms in total. The Hall–Kier alpha value is 0.00494.